The van der Waals surface area contributed by atoms with Gasteiger partial charge in [0.25, 0.3) is 0 Å². The van der Waals surface area contributed by atoms with Gasteiger partial charge in [-0.05, 0) is 0 Å². The van der Waals surface area contributed by atoms with Crippen LogP contribution >= 0.6 is 0 Å². The van der Waals surface area contributed by atoms with E-state index in [1.807, 2.05) is 18.2 Å². The van der Waals surface area contributed by atoms with Crippen LogP contribution in [0.15, 0.2) is 30.3 Å². The van der Waals surface area contributed by atoms with Crippen LogP contribution in [0.25, 0.3) is 0 Å². The van der Waals surface area contributed by atoms with Gasteiger partial charge in [-0.25, -0.2) is 0 Å². The molecule has 0 heterocycles. The maximum absolute atomic E-state index is 10.3. The van der Waals surface area contributed by atoms with Crippen molar-refractivity contribution in [3.8, 4) is 0 Å². The average molecular weight is 241 g/mol. The van der Waals surface area contributed by atoms with Crippen molar-refractivity contribution in [2.45, 2.75) is 10.9 Å². The van der Waals surface area contributed by atoms with Crippen molar-refractivity contribution in [1.82, 2.24) is 0 Å². The van der Waals surface area contributed by atoms with Crippen LogP contribution in [0.3, 0.4) is 0 Å². The molecule has 0 spiro atoms. The molecule has 0 N–H and O–H groups in total. The molecule has 2 heteroatoms. The summed E-state index contributed by atoms with van der Waals surface area (Å²) in [5.74, 6) is 0. The van der Waals surface area contributed by atoms with Crippen LogP contribution in [0.4, 0.5) is 0 Å². The standard InChI is InChI=1S/C8H9.O.Sn.H/c1-2-8-6-4-3-5-7-8;;;/h3-7H,1-2H2;;;. The first kappa shape index (κ1) is 7.92. The molecule has 0 atom stereocenters. The Kier molecular flexibility index (Phi) is 3.65. The molecular weight excluding hydrogens is 231 g/mol. The predicted molar refractivity (Wildman–Crippen MR) is 42.8 cm³/mol. The number of rotatable bonds is 3. The van der Waals surface area contributed by atoms with E-state index in [1.165, 1.54) is 5.56 Å². The molecule has 0 aliphatic carbocycles. The van der Waals surface area contributed by atoms with Crippen LogP contribution in [-0.4, -0.2) is 21.1 Å². The second kappa shape index (κ2) is 4.61. The Labute approximate surface area is 71.1 Å². The third-order valence-corrected chi connectivity index (χ3v) is 2.89. The van der Waals surface area contributed by atoms with Crippen LogP contribution in [0.1, 0.15) is 5.56 Å². The van der Waals surface area contributed by atoms with E-state index in [-0.39, 0.29) is 0 Å². The average Bonchev–Trinajstić information content (AvgIpc) is 2.03. The molecule has 0 bridgehead atoms. The summed E-state index contributed by atoms with van der Waals surface area (Å²) in [5, 5.41) is 0. The summed E-state index contributed by atoms with van der Waals surface area (Å²) < 4.78 is 11.2. The molecule has 1 aromatic carbocycles. The fourth-order valence-electron chi connectivity index (χ4n) is 0.870. The minimum absolute atomic E-state index is 0.944. The molecule has 52 valence electrons. The summed E-state index contributed by atoms with van der Waals surface area (Å²) in [5.41, 5.74) is 1.31. The Hall–Kier alpha value is -0.181. The Morgan fingerprint density at radius 3 is 2.50 bits per heavy atom. The monoisotopic (exact) mass is 242 g/mol. The number of hydrogen-bond donors (Lipinski definition) is 0. The number of benzene rings is 1. The third kappa shape index (κ3) is 2.60. The van der Waals surface area contributed by atoms with E-state index in [0.29, 0.717) is 0 Å². The van der Waals surface area contributed by atoms with Crippen LogP contribution in [0.5, 0.6) is 0 Å². The zero-order valence-corrected chi connectivity index (χ0v) is 9.08. The molecule has 1 nitrogen and oxygen atoms in total. The molecule has 0 aliphatic rings. The first-order chi connectivity index (χ1) is 4.93. The van der Waals surface area contributed by atoms with Crippen molar-refractivity contribution in [3.63, 3.8) is 0 Å². The Morgan fingerprint density at radius 2 is 1.90 bits per heavy atom. The van der Waals surface area contributed by atoms with Crippen molar-refractivity contribution in [3.05, 3.63) is 35.9 Å². The molecular formula is C8H10OSn. The van der Waals surface area contributed by atoms with Gasteiger partial charge in [0.15, 0.2) is 0 Å². The quantitative estimate of drug-likeness (QED) is 0.731. The summed E-state index contributed by atoms with van der Waals surface area (Å²) in [4.78, 5) is 0. The van der Waals surface area contributed by atoms with Crippen molar-refractivity contribution in [1.29, 1.82) is 0 Å². The summed E-state index contributed by atoms with van der Waals surface area (Å²) in [7, 11) is 0. The molecule has 0 saturated carbocycles. The fourth-order valence-corrected chi connectivity index (χ4v) is 2.16. The Balaban J connectivity index is 2.50. The van der Waals surface area contributed by atoms with Crippen molar-refractivity contribution >= 4 is 21.1 Å². The second-order valence-corrected chi connectivity index (χ2v) is 4.79. The zero-order valence-electron chi connectivity index (χ0n) is 5.79. The fraction of sp³-hybridized carbons (Fsp3) is 0.250. The normalized spacial score (nSPS) is 9.20. The molecule has 0 amide bonds. The van der Waals surface area contributed by atoms with E-state index < -0.39 is 21.1 Å². The van der Waals surface area contributed by atoms with Crippen molar-refractivity contribution < 1.29 is 3.08 Å². The second-order valence-electron chi connectivity index (χ2n) is 2.19. The maximum atomic E-state index is 10.3. The van der Waals surface area contributed by atoms with Gasteiger partial charge in [-0.3, -0.25) is 0 Å². The molecule has 1 rings (SSSR count). The van der Waals surface area contributed by atoms with E-state index in [0.717, 1.165) is 10.9 Å². The van der Waals surface area contributed by atoms with Gasteiger partial charge in [0.2, 0.25) is 0 Å². The molecule has 0 saturated heterocycles. The summed E-state index contributed by atoms with van der Waals surface area (Å²) in [6, 6.07) is 10.2. The third-order valence-electron chi connectivity index (χ3n) is 1.39. The van der Waals surface area contributed by atoms with Crippen molar-refractivity contribution in [2.75, 3.05) is 0 Å². The van der Waals surface area contributed by atoms with E-state index in [9.17, 15) is 3.08 Å². The minimum atomic E-state index is -1.35. The summed E-state index contributed by atoms with van der Waals surface area (Å²) >= 11 is -1.35. The summed E-state index contributed by atoms with van der Waals surface area (Å²) in [6.07, 6.45) is 1.01. The Morgan fingerprint density at radius 1 is 1.20 bits per heavy atom. The summed E-state index contributed by atoms with van der Waals surface area (Å²) in [6.45, 7) is 0. The molecule has 1 aromatic rings. The van der Waals surface area contributed by atoms with Crippen LogP contribution in [0.2, 0.25) is 4.44 Å². The van der Waals surface area contributed by atoms with Gasteiger partial charge in [-0.2, -0.15) is 0 Å². The molecule has 0 aliphatic heterocycles. The molecule has 0 unspecified atom stereocenters. The van der Waals surface area contributed by atoms with Gasteiger partial charge in [0.05, 0.1) is 0 Å². The number of aryl methyl sites for hydroxylation is 1. The molecule has 0 radical (unpaired) electrons. The van der Waals surface area contributed by atoms with Crippen LogP contribution in [0, 0.1) is 0 Å². The first-order valence-electron chi connectivity index (χ1n) is 3.41. The van der Waals surface area contributed by atoms with Gasteiger partial charge in [0.1, 0.15) is 0 Å². The van der Waals surface area contributed by atoms with Gasteiger partial charge >= 0.3 is 71.0 Å². The zero-order chi connectivity index (χ0) is 7.23. The van der Waals surface area contributed by atoms with Gasteiger partial charge < -0.3 is 0 Å². The molecule has 0 aromatic heterocycles. The predicted octanol–water partition coefficient (Wildman–Crippen LogP) is 1.43. The topological polar surface area (TPSA) is 17.1 Å². The van der Waals surface area contributed by atoms with E-state index >= 15 is 0 Å². The Bertz CT molecular complexity index is 196. The van der Waals surface area contributed by atoms with Gasteiger partial charge in [-0.15, -0.1) is 0 Å². The van der Waals surface area contributed by atoms with Gasteiger partial charge in [0, 0.05) is 0 Å². The van der Waals surface area contributed by atoms with E-state index in [1.54, 1.807) is 0 Å². The van der Waals surface area contributed by atoms with Crippen molar-refractivity contribution in [2.24, 2.45) is 0 Å². The van der Waals surface area contributed by atoms with E-state index in [4.69, 9.17) is 0 Å². The van der Waals surface area contributed by atoms with Crippen LogP contribution < -0.4 is 0 Å². The van der Waals surface area contributed by atoms with Gasteiger partial charge in [-0.1, -0.05) is 0 Å². The van der Waals surface area contributed by atoms with Crippen LogP contribution in [-0.2, 0) is 9.50 Å². The molecule has 10 heavy (non-hydrogen) atoms. The SMILES string of the molecule is [O]=[SnH][CH2]Cc1ccccc1. The van der Waals surface area contributed by atoms with E-state index in [2.05, 4.69) is 12.1 Å². The molecule has 0 fully saturated rings. The first-order valence-corrected chi connectivity index (χ1v) is 7.08. The number of hydrogen-bond acceptors (Lipinski definition) is 1.